The molecule has 2 aromatic carbocycles. The van der Waals surface area contributed by atoms with Gasteiger partial charge in [0.1, 0.15) is 23.7 Å². The van der Waals surface area contributed by atoms with Crippen molar-refractivity contribution >= 4 is 16.9 Å². The van der Waals surface area contributed by atoms with E-state index in [0.717, 1.165) is 22.5 Å². The molecule has 0 radical (unpaired) electrons. The normalized spacial score (nSPS) is 12.3. The Morgan fingerprint density at radius 1 is 1.15 bits per heavy atom. The second-order valence-electron chi connectivity index (χ2n) is 6.38. The molecule has 5 heteroatoms. The molecule has 0 spiro atoms. The standard InChI is InChI=1S/C21H24N2O3/c1-16(20-14-17-8-6-7-11-19(17)26-20)22-21(24)15-23(2)12-13-25-18-9-4-3-5-10-18/h3-11,14,16H,12-13,15H2,1-2H3,(H,22,24). The summed E-state index contributed by atoms with van der Waals surface area (Å²) < 4.78 is 11.5. The predicted molar refractivity (Wildman–Crippen MR) is 102 cm³/mol. The fourth-order valence-electron chi connectivity index (χ4n) is 2.73. The van der Waals surface area contributed by atoms with Crippen LogP contribution in [0.2, 0.25) is 0 Å². The summed E-state index contributed by atoms with van der Waals surface area (Å²) in [4.78, 5) is 14.2. The van der Waals surface area contributed by atoms with Crippen LogP contribution < -0.4 is 10.1 Å². The number of hydrogen-bond donors (Lipinski definition) is 1. The summed E-state index contributed by atoms with van der Waals surface area (Å²) in [6.07, 6.45) is 0. The summed E-state index contributed by atoms with van der Waals surface area (Å²) >= 11 is 0. The van der Waals surface area contributed by atoms with Gasteiger partial charge in [0.15, 0.2) is 0 Å². The summed E-state index contributed by atoms with van der Waals surface area (Å²) in [7, 11) is 1.90. The number of nitrogens with one attached hydrogen (secondary N) is 1. The van der Waals surface area contributed by atoms with Crippen molar-refractivity contribution in [3.63, 3.8) is 0 Å². The highest BCUT2D eigenvalue weighted by Gasteiger charge is 2.15. The predicted octanol–water partition coefficient (Wildman–Crippen LogP) is 3.62. The minimum atomic E-state index is -0.177. The maximum atomic E-state index is 12.3. The van der Waals surface area contributed by atoms with Gasteiger partial charge in [-0.05, 0) is 38.2 Å². The van der Waals surface area contributed by atoms with E-state index in [-0.39, 0.29) is 11.9 Å². The van der Waals surface area contributed by atoms with Gasteiger partial charge in [-0.15, -0.1) is 0 Å². The topological polar surface area (TPSA) is 54.7 Å². The van der Waals surface area contributed by atoms with Crippen molar-refractivity contribution in [3.05, 3.63) is 66.4 Å². The molecule has 3 aromatic rings. The Morgan fingerprint density at radius 2 is 1.88 bits per heavy atom. The van der Waals surface area contributed by atoms with Gasteiger partial charge in [-0.25, -0.2) is 0 Å². The number of nitrogens with zero attached hydrogens (tertiary/aromatic N) is 1. The van der Waals surface area contributed by atoms with Crippen molar-refractivity contribution < 1.29 is 13.9 Å². The van der Waals surface area contributed by atoms with Gasteiger partial charge < -0.3 is 14.5 Å². The lowest BCUT2D eigenvalue weighted by Crippen LogP contribution is -2.37. The number of carbonyl (C=O) groups excluding carboxylic acids is 1. The molecule has 0 aliphatic carbocycles. The van der Waals surface area contributed by atoms with Crippen molar-refractivity contribution in [1.29, 1.82) is 0 Å². The van der Waals surface area contributed by atoms with Crippen LogP contribution >= 0.6 is 0 Å². The molecule has 3 rings (SSSR count). The van der Waals surface area contributed by atoms with Crippen LogP contribution in [-0.2, 0) is 4.79 Å². The number of carbonyl (C=O) groups is 1. The smallest absolute Gasteiger partial charge is 0.234 e. The highest BCUT2D eigenvalue weighted by Crippen LogP contribution is 2.23. The van der Waals surface area contributed by atoms with E-state index >= 15 is 0 Å². The number of para-hydroxylation sites is 2. The molecule has 1 aromatic heterocycles. The third-order valence-corrected chi connectivity index (χ3v) is 4.15. The largest absolute Gasteiger partial charge is 0.492 e. The van der Waals surface area contributed by atoms with E-state index in [2.05, 4.69) is 5.32 Å². The van der Waals surface area contributed by atoms with Crippen molar-refractivity contribution in [2.24, 2.45) is 0 Å². The Balaban J connectivity index is 1.43. The van der Waals surface area contributed by atoms with Gasteiger partial charge in [0.05, 0.1) is 12.6 Å². The SMILES string of the molecule is CC(NC(=O)CN(C)CCOc1ccccc1)c1cc2ccccc2o1. The van der Waals surface area contributed by atoms with E-state index in [1.807, 2.05) is 79.5 Å². The van der Waals surface area contributed by atoms with Gasteiger partial charge in [0.25, 0.3) is 0 Å². The van der Waals surface area contributed by atoms with Crippen LogP contribution in [0.5, 0.6) is 5.75 Å². The van der Waals surface area contributed by atoms with Gasteiger partial charge in [-0.1, -0.05) is 36.4 Å². The first kappa shape index (κ1) is 18.0. The first-order valence-electron chi connectivity index (χ1n) is 8.76. The molecule has 1 N–H and O–H groups in total. The molecule has 0 bridgehead atoms. The van der Waals surface area contributed by atoms with Crippen LogP contribution in [0.3, 0.4) is 0 Å². The van der Waals surface area contributed by atoms with Crippen LogP contribution in [0.25, 0.3) is 11.0 Å². The number of rotatable bonds is 8. The Bertz CT molecular complexity index is 812. The summed E-state index contributed by atoms with van der Waals surface area (Å²) in [5.74, 6) is 1.55. The number of amides is 1. The van der Waals surface area contributed by atoms with Crippen LogP contribution in [0.4, 0.5) is 0 Å². The van der Waals surface area contributed by atoms with Crippen LogP contribution in [0, 0.1) is 0 Å². The number of furan rings is 1. The molecule has 26 heavy (non-hydrogen) atoms. The van der Waals surface area contributed by atoms with Crippen molar-refractivity contribution in [1.82, 2.24) is 10.2 Å². The van der Waals surface area contributed by atoms with Crippen molar-refractivity contribution in [2.75, 3.05) is 26.7 Å². The lowest BCUT2D eigenvalue weighted by Gasteiger charge is -2.18. The van der Waals surface area contributed by atoms with Crippen molar-refractivity contribution in [3.8, 4) is 5.75 Å². The van der Waals surface area contributed by atoms with Crippen LogP contribution in [0.1, 0.15) is 18.7 Å². The molecule has 1 unspecified atom stereocenters. The quantitative estimate of drug-likeness (QED) is 0.673. The maximum absolute atomic E-state index is 12.3. The fraction of sp³-hybridized carbons (Fsp3) is 0.286. The Morgan fingerprint density at radius 3 is 2.65 bits per heavy atom. The highest BCUT2D eigenvalue weighted by atomic mass is 16.5. The molecule has 5 nitrogen and oxygen atoms in total. The zero-order valence-electron chi connectivity index (χ0n) is 15.1. The average Bonchev–Trinajstić information content (AvgIpc) is 3.07. The number of hydrogen-bond acceptors (Lipinski definition) is 4. The molecular formula is C21H24N2O3. The first-order chi connectivity index (χ1) is 12.6. The number of fused-ring (bicyclic) bond motifs is 1. The van der Waals surface area contributed by atoms with Gasteiger partial charge >= 0.3 is 0 Å². The Hall–Kier alpha value is -2.79. The first-order valence-corrected chi connectivity index (χ1v) is 8.76. The van der Waals surface area contributed by atoms with Crippen LogP contribution in [-0.4, -0.2) is 37.6 Å². The van der Waals surface area contributed by atoms with Crippen LogP contribution in [0.15, 0.2) is 65.1 Å². The molecule has 1 atom stereocenters. The van der Waals surface area contributed by atoms with E-state index in [4.69, 9.17) is 9.15 Å². The molecule has 136 valence electrons. The summed E-state index contributed by atoms with van der Waals surface area (Å²) in [5.41, 5.74) is 0.832. The lowest BCUT2D eigenvalue weighted by atomic mass is 10.2. The zero-order chi connectivity index (χ0) is 18.4. The van der Waals surface area contributed by atoms with E-state index in [9.17, 15) is 4.79 Å². The average molecular weight is 352 g/mol. The third kappa shape index (κ3) is 4.86. The third-order valence-electron chi connectivity index (χ3n) is 4.15. The second-order valence-corrected chi connectivity index (χ2v) is 6.38. The van der Waals surface area contributed by atoms with Gasteiger partial charge in [-0.3, -0.25) is 9.69 Å². The lowest BCUT2D eigenvalue weighted by molar-refractivity contribution is -0.122. The van der Waals surface area contributed by atoms with Gasteiger partial charge in [0.2, 0.25) is 5.91 Å². The zero-order valence-corrected chi connectivity index (χ0v) is 15.1. The number of likely N-dealkylation sites (N-methyl/N-ethyl adjacent to an activating group) is 1. The molecule has 1 amide bonds. The molecule has 0 fully saturated rings. The summed E-state index contributed by atoms with van der Waals surface area (Å²) in [6, 6.07) is 19.3. The number of benzene rings is 2. The minimum Gasteiger partial charge on any atom is -0.492 e. The van der Waals surface area contributed by atoms with E-state index in [0.29, 0.717) is 19.7 Å². The number of ether oxygens (including phenoxy) is 1. The minimum absolute atomic E-state index is 0.0415. The van der Waals surface area contributed by atoms with Gasteiger partial charge in [-0.2, -0.15) is 0 Å². The summed E-state index contributed by atoms with van der Waals surface area (Å²) in [5, 5.41) is 4.02. The maximum Gasteiger partial charge on any atom is 0.234 e. The molecule has 0 aliphatic heterocycles. The molecule has 0 saturated carbocycles. The summed E-state index contributed by atoms with van der Waals surface area (Å²) in [6.45, 7) is 3.44. The Labute approximate surface area is 153 Å². The van der Waals surface area contributed by atoms with Gasteiger partial charge in [0, 0.05) is 11.9 Å². The molecular weight excluding hydrogens is 328 g/mol. The highest BCUT2D eigenvalue weighted by molar-refractivity contribution is 5.80. The molecule has 0 saturated heterocycles. The molecule has 1 heterocycles. The van der Waals surface area contributed by atoms with E-state index in [1.54, 1.807) is 0 Å². The van der Waals surface area contributed by atoms with E-state index < -0.39 is 0 Å². The second kappa shape index (κ2) is 8.54. The Kier molecular flexibility index (Phi) is 5.92. The van der Waals surface area contributed by atoms with Crippen molar-refractivity contribution in [2.45, 2.75) is 13.0 Å². The van der Waals surface area contributed by atoms with E-state index in [1.165, 1.54) is 0 Å². The fourth-order valence-corrected chi connectivity index (χ4v) is 2.73. The monoisotopic (exact) mass is 352 g/mol. The molecule has 0 aliphatic rings.